The fourth-order valence-electron chi connectivity index (χ4n) is 7.68. The van der Waals surface area contributed by atoms with Gasteiger partial charge in [-0.2, -0.15) is 0 Å². The van der Waals surface area contributed by atoms with Crippen molar-refractivity contribution in [3.05, 3.63) is 23.5 Å². The molecule has 40 heavy (non-hydrogen) atoms. The van der Waals surface area contributed by atoms with Gasteiger partial charge in [-0.05, 0) is 88.0 Å². The van der Waals surface area contributed by atoms with Crippen molar-refractivity contribution in [2.45, 2.75) is 103 Å². The van der Waals surface area contributed by atoms with Crippen LogP contribution in [0.2, 0.25) is 0 Å². The molecule has 8 nitrogen and oxygen atoms in total. The first-order valence-corrected chi connectivity index (χ1v) is 14.8. The SMILES string of the molecule is COc1cc(F)c(O[C@H]2CC[C@@](C)(C(=O)O)CC2)cc1C(=O)N[C@@H]1[C@H]2CC[C@H](C2)[C@@H]1C(=O)N[C@H]1CCCC1(C)C. The van der Waals surface area contributed by atoms with Crippen LogP contribution in [0.4, 0.5) is 4.39 Å². The molecule has 4 aliphatic rings. The Bertz CT molecular complexity index is 1160. The van der Waals surface area contributed by atoms with Gasteiger partial charge >= 0.3 is 5.97 Å². The van der Waals surface area contributed by atoms with Gasteiger partial charge in [0, 0.05) is 18.2 Å². The van der Waals surface area contributed by atoms with Crippen LogP contribution in [-0.4, -0.2) is 48.2 Å². The molecule has 1 aromatic carbocycles. The molecular weight excluding hydrogens is 515 g/mol. The van der Waals surface area contributed by atoms with Gasteiger partial charge in [-0.1, -0.05) is 20.3 Å². The third-order valence-electron chi connectivity index (χ3n) is 10.4. The average molecular weight is 559 g/mol. The first-order chi connectivity index (χ1) is 18.9. The predicted molar refractivity (Wildman–Crippen MR) is 147 cm³/mol. The van der Waals surface area contributed by atoms with Gasteiger partial charge in [-0.25, -0.2) is 4.39 Å². The van der Waals surface area contributed by atoms with Gasteiger partial charge in [0.25, 0.3) is 5.91 Å². The lowest BCUT2D eigenvalue weighted by Crippen LogP contribution is -2.53. The molecule has 1 aromatic rings. The lowest BCUT2D eigenvalue weighted by atomic mass is 9.75. The van der Waals surface area contributed by atoms with E-state index in [0.717, 1.165) is 44.6 Å². The van der Waals surface area contributed by atoms with Crippen molar-refractivity contribution < 1.29 is 33.4 Å². The minimum atomic E-state index is -0.833. The number of hydrogen-bond acceptors (Lipinski definition) is 5. The molecule has 9 heteroatoms. The lowest BCUT2D eigenvalue weighted by Gasteiger charge is -2.34. The zero-order valence-electron chi connectivity index (χ0n) is 24.1. The Morgan fingerprint density at radius 2 is 1.65 bits per heavy atom. The molecular formula is C31H43FN2O6. The summed E-state index contributed by atoms with van der Waals surface area (Å²) in [5.41, 5.74) is -0.585. The summed E-state index contributed by atoms with van der Waals surface area (Å²) in [6, 6.07) is 2.38. The minimum Gasteiger partial charge on any atom is -0.496 e. The fraction of sp³-hybridized carbons (Fsp3) is 0.710. The average Bonchev–Trinajstić information content (AvgIpc) is 3.61. The number of benzene rings is 1. The van der Waals surface area contributed by atoms with Crippen LogP contribution >= 0.6 is 0 Å². The summed E-state index contributed by atoms with van der Waals surface area (Å²) < 4.78 is 26.3. The Morgan fingerprint density at radius 1 is 0.950 bits per heavy atom. The van der Waals surface area contributed by atoms with E-state index in [2.05, 4.69) is 24.5 Å². The van der Waals surface area contributed by atoms with E-state index in [-0.39, 0.29) is 64.3 Å². The molecule has 0 heterocycles. The van der Waals surface area contributed by atoms with E-state index < -0.39 is 23.1 Å². The molecule has 5 rings (SSSR count). The monoisotopic (exact) mass is 558 g/mol. The molecule has 4 aliphatic carbocycles. The number of methoxy groups -OCH3 is 1. The number of carboxylic acid groups (broad SMARTS) is 1. The highest BCUT2D eigenvalue weighted by Gasteiger charge is 2.52. The van der Waals surface area contributed by atoms with Gasteiger partial charge in [-0.3, -0.25) is 14.4 Å². The smallest absolute Gasteiger partial charge is 0.309 e. The molecule has 0 aromatic heterocycles. The maximum Gasteiger partial charge on any atom is 0.309 e. The van der Waals surface area contributed by atoms with Crippen LogP contribution in [0.5, 0.6) is 11.5 Å². The Hall–Kier alpha value is -2.84. The zero-order chi connectivity index (χ0) is 28.8. The second kappa shape index (κ2) is 10.9. The third kappa shape index (κ3) is 5.40. The molecule has 4 fully saturated rings. The highest BCUT2D eigenvalue weighted by atomic mass is 19.1. The topological polar surface area (TPSA) is 114 Å². The Labute approximate surface area is 235 Å². The summed E-state index contributed by atoms with van der Waals surface area (Å²) in [6.07, 6.45) is 7.53. The summed E-state index contributed by atoms with van der Waals surface area (Å²) in [6.45, 7) is 6.12. The fourth-order valence-corrected chi connectivity index (χ4v) is 7.68. The van der Waals surface area contributed by atoms with Crippen molar-refractivity contribution in [1.82, 2.24) is 10.6 Å². The van der Waals surface area contributed by atoms with E-state index >= 15 is 0 Å². The molecule has 4 saturated carbocycles. The number of carbonyl (C=O) groups is 3. The number of carboxylic acids is 1. The van der Waals surface area contributed by atoms with Crippen molar-refractivity contribution >= 4 is 17.8 Å². The van der Waals surface area contributed by atoms with Gasteiger partial charge in [-0.15, -0.1) is 0 Å². The van der Waals surface area contributed by atoms with Crippen LogP contribution in [0.3, 0.4) is 0 Å². The molecule has 3 N–H and O–H groups in total. The van der Waals surface area contributed by atoms with Gasteiger partial charge < -0.3 is 25.2 Å². The highest BCUT2D eigenvalue weighted by molar-refractivity contribution is 5.98. The van der Waals surface area contributed by atoms with Gasteiger partial charge in [0.1, 0.15) is 5.75 Å². The molecule has 2 amide bonds. The van der Waals surface area contributed by atoms with Gasteiger partial charge in [0.15, 0.2) is 11.6 Å². The van der Waals surface area contributed by atoms with Crippen LogP contribution in [-0.2, 0) is 9.59 Å². The summed E-state index contributed by atoms with van der Waals surface area (Å²) in [5, 5.41) is 15.9. The standard InChI is InChI=1S/C31H43FN2O6/c1-30(2)11-5-6-24(30)33-28(36)25-17-7-8-18(14-17)26(25)34-27(35)20-15-23(21(32)16-22(20)39-4)40-19-9-12-31(3,13-10-19)29(37)38/h15-19,24-26H,5-14H2,1-4H3,(H,33,36)(H,34,35)(H,37,38)/t17-,18+,19-,24+,25+,26-,31+/m1/s1. The summed E-state index contributed by atoms with van der Waals surface area (Å²) in [5.74, 6) is -1.63. The first-order valence-electron chi connectivity index (χ1n) is 14.8. The molecule has 0 radical (unpaired) electrons. The zero-order valence-corrected chi connectivity index (χ0v) is 24.1. The van der Waals surface area contributed by atoms with Crippen molar-refractivity contribution in [3.63, 3.8) is 0 Å². The molecule has 0 unspecified atom stereocenters. The second-order valence-electron chi connectivity index (χ2n) is 13.5. The second-order valence-corrected chi connectivity index (χ2v) is 13.5. The van der Waals surface area contributed by atoms with Crippen molar-refractivity contribution in [2.75, 3.05) is 7.11 Å². The van der Waals surface area contributed by atoms with E-state index in [1.54, 1.807) is 6.92 Å². The molecule has 220 valence electrons. The number of carbonyl (C=O) groups excluding carboxylic acids is 2. The molecule has 0 saturated heterocycles. The van der Waals surface area contributed by atoms with Crippen molar-refractivity contribution in [1.29, 1.82) is 0 Å². The largest absolute Gasteiger partial charge is 0.496 e. The van der Waals surface area contributed by atoms with Crippen molar-refractivity contribution in [3.8, 4) is 11.5 Å². The van der Waals surface area contributed by atoms with Gasteiger partial charge in [0.05, 0.1) is 30.1 Å². The highest BCUT2D eigenvalue weighted by Crippen LogP contribution is 2.49. The Balaban J connectivity index is 1.30. The summed E-state index contributed by atoms with van der Waals surface area (Å²) >= 11 is 0. The number of aliphatic carboxylic acids is 1. The predicted octanol–water partition coefficient (Wildman–Crippen LogP) is 5.09. The molecule has 2 bridgehead atoms. The summed E-state index contributed by atoms with van der Waals surface area (Å²) in [7, 11) is 1.39. The maximum atomic E-state index is 15.0. The van der Waals surface area contributed by atoms with Crippen LogP contribution in [0.15, 0.2) is 12.1 Å². The van der Waals surface area contributed by atoms with E-state index in [9.17, 15) is 23.9 Å². The maximum absolute atomic E-state index is 15.0. The number of rotatable bonds is 8. The Kier molecular flexibility index (Phi) is 7.79. The first kappa shape index (κ1) is 28.7. The van der Waals surface area contributed by atoms with E-state index in [4.69, 9.17) is 9.47 Å². The summed E-state index contributed by atoms with van der Waals surface area (Å²) in [4.78, 5) is 38.7. The number of nitrogens with one attached hydrogen (secondary N) is 2. The lowest BCUT2D eigenvalue weighted by molar-refractivity contribution is -0.150. The van der Waals surface area contributed by atoms with Crippen LogP contribution in [0.25, 0.3) is 0 Å². The molecule has 0 aliphatic heterocycles. The quantitative estimate of drug-likeness (QED) is 0.410. The van der Waals surface area contributed by atoms with E-state index in [0.29, 0.717) is 25.7 Å². The van der Waals surface area contributed by atoms with Crippen LogP contribution in [0.1, 0.15) is 95.3 Å². The number of hydrogen-bond donors (Lipinski definition) is 3. The number of fused-ring (bicyclic) bond motifs is 2. The molecule has 5 atom stereocenters. The number of ether oxygens (including phenoxy) is 2. The van der Waals surface area contributed by atoms with E-state index in [1.807, 2.05) is 0 Å². The normalized spacial score (nSPS) is 34.3. The van der Waals surface area contributed by atoms with E-state index in [1.165, 1.54) is 13.2 Å². The van der Waals surface area contributed by atoms with Crippen LogP contribution in [0, 0.1) is 34.4 Å². The van der Waals surface area contributed by atoms with Crippen LogP contribution < -0.4 is 20.1 Å². The Morgan fingerprint density at radius 3 is 2.27 bits per heavy atom. The number of halogens is 1. The van der Waals surface area contributed by atoms with Gasteiger partial charge in [0.2, 0.25) is 5.91 Å². The third-order valence-corrected chi connectivity index (χ3v) is 10.4. The number of amides is 2. The molecule has 0 spiro atoms. The minimum absolute atomic E-state index is 0.0261. The van der Waals surface area contributed by atoms with Crippen molar-refractivity contribution in [2.24, 2.45) is 28.6 Å².